The van der Waals surface area contributed by atoms with Gasteiger partial charge >= 0.3 is 5.97 Å². The van der Waals surface area contributed by atoms with Crippen molar-refractivity contribution in [1.29, 1.82) is 5.26 Å². The Morgan fingerprint density at radius 3 is 2.90 bits per heavy atom. The third-order valence-electron chi connectivity index (χ3n) is 2.41. The fourth-order valence-corrected chi connectivity index (χ4v) is 1.55. The number of hydrazone groups is 1. The molecule has 1 N–H and O–H groups in total. The summed E-state index contributed by atoms with van der Waals surface area (Å²) in [6, 6.07) is 6.79. The van der Waals surface area contributed by atoms with E-state index < -0.39 is 5.97 Å². The molecule has 1 heterocycles. The van der Waals surface area contributed by atoms with Gasteiger partial charge in [-0.2, -0.15) is 10.4 Å². The van der Waals surface area contributed by atoms with E-state index >= 15 is 0 Å². The van der Waals surface area contributed by atoms with Crippen molar-refractivity contribution < 1.29 is 19.0 Å². The summed E-state index contributed by atoms with van der Waals surface area (Å²) in [5, 5.41) is 12.5. The van der Waals surface area contributed by atoms with Crippen LogP contribution in [0.3, 0.4) is 0 Å². The Kier molecular flexibility index (Phi) is 4.39. The second kappa shape index (κ2) is 6.43. The first-order valence-electron chi connectivity index (χ1n) is 6.05. The van der Waals surface area contributed by atoms with E-state index in [9.17, 15) is 4.79 Å². The molecule has 2 rings (SSSR count). The molecular formula is C13H13N3O4. The maximum Gasteiger partial charge on any atom is 0.369 e. The summed E-state index contributed by atoms with van der Waals surface area (Å²) >= 11 is 0. The molecule has 0 saturated carbocycles. The van der Waals surface area contributed by atoms with Gasteiger partial charge in [-0.15, -0.1) is 0 Å². The molecule has 0 atom stereocenters. The van der Waals surface area contributed by atoms with Crippen LogP contribution in [0.2, 0.25) is 0 Å². The number of esters is 1. The Labute approximate surface area is 115 Å². The van der Waals surface area contributed by atoms with Gasteiger partial charge in [-0.05, 0) is 19.1 Å². The quantitative estimate of drug-likeness (QED) is 0.506. The van der Waals surface area contributed by atoms with Gasteiger partial charge in [-0.1, -0.05) is 0 Å². The van der Waals surface area contributed by atoms with Crippen LogP contribution in [0.4, 0.5) is 5.69 Å². The fourth-order valence-electron chi connectivity index (χ4n) is 1.55. The average molecular weight is 275 g/mol. The molecule has 20 heavy (non-hydrogen) atoms. The molecule has 0 amide bonds. The van der Waals surface area contributed by atoms with Gasteiger partial charge in [0.1, 0.15) is 19.3 Å². The lowest BCUT2D eigenvalue weighted by atomic mass is 10.2. The van der Waals surface area contributed by atoms with Crippen molar-refractivity contribution in [3.8, 4) is 17.6 Å². The number of rotatable bonds is 4. The normalized spacial score (nSPS) is 13.3. The molecule has 0 aliphatic carbocycles. The van der Waals surface area contributed by atoms with E-state index in [2.05, 4.69) is 10.5 Å². The molecule has 1 aromatic rings. The molecule has 0 radical (unpaired) electrons. The Morgan fingerprint density at radius 1 is 1.45 bits per heavy atom. The monoisotopic (exact) mass is 275 g/mol. The third kappa shape index (κ3) is 3.17. The van der Waals surface area contributed by atoms with Crippen molar-refractivity contribution in [1.82, 2.24) is 0 Å². The first-order valence-corrected chi connectivity index (χ1v) is 6.05. The Morgan fingerprint density at radius 2 is 2.20 bits per heavy atom. The number of hydrogen-bond donors (Lipinski definition) is 1. The minimum absolute atomic E-state index is 0.184. The zero-order valence-electron chi connectivity index (χ0n) is 10.9. The summed E-state index contributed by atoms with van der Waals surface area (Å²) in [6.07, 6.45) is 0. The van der Waals surface area contributed by atoms with Gasteiger partial charge in [-0.3, -0.25) is 5.43 Å². The van der Waals surface area contributed by atoms with Crippen LogP contribution in [0.25, 0.3) is 0 Å². The maximum atomic E-state index is 11.4. The van der Waals surface area contributed by atoms with Gasteiger partial charge in [0, 0.05) is 6.07 Å². The fraction of sp³-hybridized carbons (Fsp3) is 0.308. The highest BCUT2D eigenvalue weighted by atomic mass is 16.6. The lowest BCUT2D eigenvalue weighted by molar-refractivity contribution is -0.134. The highest BCUT2D eigenvalue weighted by Crippen LogP contribution is 2.32. The van der Waals surface area contributed by atoms with Crippen molar-refractivity contribution in [3.05, 3.63) is 18.2 Å². The molecule has 104 valence electrons. The Bertz CT molecular complexity index is 577. The van der Waals surface area contributed by atoms with Gasteiger partial charge in [0.2, 0.25) is 5.71 Å². The van der Waals surface area contributed by atoms with Crippen LogP contribution < -0.4 is 14.9 Å². The number of nitriles is 1. The van der Waals surface area contributed by atoms with Crippen LogP contribution in [0.5, 0.6) is 11.5 Å². The van der Waals surface area contributed by atoms with Crippen molar-refractivity contribution >= 4 is 17.4 Å². The van der Waals surface area contributed by atoms with E-state index in [1.54, 1.807) is 31.2 Å². The molecule has 0 unspecified atom stereocenters. The van der Waals surface area contributed by atoms with Gasteiger partial charge in [0.25, 0.3) is 0 Å². The van der Waals surface area contributed by atoms with E-state index in [1.807, 2.05) is 0 Å². The van der Waals surface area contributed by atoms with Gasteiger partial charge in [0.15, 0.2) is 11.5 Å². The molecule has 1 aliphatic rings. The van der Waals surface area contributed by atoms with E-state index in [1.165, 1.54) is 0 Å². The van der Waals surface area contributed by atoms with E-state index in [-0.39, 0.29) is 12.3 Å². The van der Waals surface area contributed by atoms with Crippen LogP contribution in [0.1, 0.15) is 6.92 Å². The molecule has 0 bridgehead atoms. The number of nitrogens with zero attached hydrogens (tertiary/aromatic N) is 2. The van der Waals surface area contributed by atoms with E-state index in [4.69, 9.17) is 19.5 Å². The largest absolute Gasteiger partial charge is 0.486 e. The summed E-state index contributed by atoms with van der Waals surface area (Å²) in [7, 11) is 0. The van der Waals surface area contributed by atoms with Crippen molar-refractivity contribution in [3.63, 3.8) is 0 Å². The van der Waals surface area contributed by atoms with Crippen LogP contribution in [-0.2, 0) is 9.53 Å². The minimum Gasteiger partial charge on any atom is -0.486 e. The molecule has 1 aromatic carbocycles. The number of hydrogen-bond acceptors (Lipinski definition) is 7. The number of carbonyl (C=O) groups is 1. The SMILES string of the molecule is CCOC(=O)C(C#N)=NNc1ccc2c(c1)OCCO2. The van der Waals surface area contributed by atoms with Crippen LogP contribution >= 0.6 is 0 Å². The van der Waals surface area contributed by atoms with Crippen LogP contribution in [-0.4, -0.2) is 31.5 Å². The predicted octanol–water partition coefficient (Wildman–Crippen LogP) is 1.31. The van der Waals surface area contributed by atoms with Gasteiger partial charge in [0.05, 0.1) is 12.3 Å². The number of anilines is 1. The molecule has 7 nitrogen and oxygen atoms in total. The molecule has 1 aliphatic heterocycles. The summed E-state index contributed by atoms with van der Waals surface area (Å²) in [5.41, 5.74) is 2.84. The number of fused-ring (bicyclic) bond motifs is 1. The molecular weight excluding hydrogens is 262 g/mol. The second-order valence-corrected chi connectivity index (χ2v) is 3.76. The summed E-state index contributed by atoms with van der Waals surface area (Å²) in [6.45, 7) is 2.83. The number of carbonyl (C=O) groups excluding carboxylic acids is 1. The smallest absolute Gasteiger partial charge is 0.369 e. The third-order valence-corrected chi connectivity index (χ3v) is 2.41. The lowest BCUT2D eigenvalue weighted by Gasteiger charge is -2.18. The van der Waals surface area contributed by atoms with Gasteiger partial charge in [-0.25, -0.2) is 4.79 Å². The molecule has 0 spiro atoms. The number of nitrogens with one attached hydrogen (secondary N) is 1. The molecule has 0 saturated heterocycles. The zero-order valence-corrected chi connectivity index (χ0v) is 10.9. The number of ether oxygens (including phenoxy) is 3. The average Bonchev–Trinajstić information content (AvgIpc) is 2.48. The van der Waals surface area contributed by atoms with Crippen molar-refractivity contribution in [2.75, 3.05) is 25.2 Å². The molecule has 0 fully saturated rings. The lowest BCUT2D eigenvalue weighted by Crippen LogP contribution is -2.17. The summed E-state index contributed by atoms with van der Waals surface area (Å²) < 4.78 is 15.5. The second-order valence-electron chi connectivity index (χ2n) is 3.76. The Balaban J connectivity index is 2.10. The first kappa shape index (κ1) is 13.7. The Hall–Kier alpha value is -2.75. The van der Waals surface area contributed by atoms with Crippen molar-refractivity contribution in [2.24, 2.45) is 5.10 Å². The topological polar surface area (TPSA) is 92.9 Å². The maximum absolute atomic E-state index is 11.4. The number of benzene rings is 1. The molecule has 7 heteroatoms. The predicted molar refractivity (Wildman–Crippen MR) is 70.7 cm³/mol. The van der Waals surface area contributed by atoms with Crippen LogP contribution in [0.15, 0.2) is 23.3 Å². The van der Waals surface area contributed by atoms with E-state index in [0.29, 0.717) is 30.4 Å². The first-order chi connectivity index (χ1) is 9.74. The van der Waals surface area contributed by atoms with Gasteiger partial charge < -0.3 is 14.2 Å². The van der Waals surface area contributed by atoms with E-state index in [0.717, 1.165) is 0 Å². The minimum atomic E-state index is -0.764. The summed E-state index contributed by atoms with van der Waals surface area (Å²) in [4.78, 5) is 11.4. The zero-order chi connectivity index (χ0) is 14.4. The molecule has 0 aromatic heterocycles. The standard InChI is InChI=1S/C13H13N3O4/c1-2-18-13(17)10(8-14)16-15-9-3-4-11-12(7-9)20-6-5-19-11/h3-4,7,15H,2,5-6H2,1H3. The van der Waals surface area contributed by atoms with Crippen LogP contribution in [0, 0.1) is 11.3 Å². The highest BCUT2D eigenvalue weighted by molar-refractivity contribution is 6.43. The van der Waals surface area contributed by atoms with Crippen molar-refractivity contribution in [2.45, 2.75) is 6.92 Å². The summed E-state index contributed by atoms with van der Waals surface area (Å²) in [5.74, 6) is 0.475. The highest BCUT2D eigenvalue weighted by Gasteiger charge is 2.13.